The SMILES string of the molecule is Cc1ccc(COc2cc3c(cc2C(F)(F)F)N(C2CCC(F)(F)CC2)C[C@H](CCC(F)F)N(C)S3(=O)=O)c(C(=O)O)n1. The van der Waals surface area contributed by atoms with Crippen LogP contribution < -0.4 is 9.64 Å². The molecule has 4 rings (SSSR count). The average molecular weight is 642 g/mol. The number of aromatic carboxylic acids is 1. The normalized spacial score (nSPS) is 21.0. The summed E-state index contributed by atoms with van der Waals surface area (Å²) in [6.45, 7) is 0.520. The first-order chi connectivity index (χ1) is 19.9. The van der Waals surface area contributed by atoms with E-state index in [1.807, 2.05) is 0 Å². The van der Waals surface area contributed by atoms with E-state index in [4.69, 9.17) is 4.74 Å². The molecule has 2 heterocycles. The predicted molar refractivity (Wildman–Crippen MR) is 140 cm³/mol. The summed E-state index contributed by atoms with van der Waals surface area (Å²) in [5, 5.41) is 9.46. The number of anilines is 1. The van der Waals surface area contributed by atoms with Crippen LogP contribution in [0.25, 0.3) is 0 Å². The second-order valence-corrected chi connectivity index (χ2v) is 12.7. The summed E-state index contributed by atoms with van der Waals surface area (Å²) < 4.78 is 131. The number of carbonyl (C=O) groups is 1. The van der Waals surface area contributed by atoms with Crippen LogP contribution in [-0.2, 0) is 22.8 Å². The molecule has 1 saturated carbocycles. The van der Waals surface area contributed by atoms with Crippen LogP contribution in [0.3, 0.4) is 0 Å². The number of halogens is 7. The van der Waals surface area contributed by atoms with Crippen molar-refractivity contribution >= 4 is 21.7 Å². The van der Waals surface area contributed by atoms with Gasteiger partial charge in [0.25, 0.3) is 0 Å². The highest BCUT2D eigenvalue weighted by Gasteiger charge is 2.45. The van der Waals surface area contributed by atoms with Gasteiger partial charge >= 0.3 is 12.1 Å². The van der Waals surface area contributed by atoms with Crippen LogP contribution in [0.15, 0.2) is 29.2 Å². The van der Waals surface area contributed by atoms with E-state index in [-0.39, 0.29) is 31.4 Å². The first kappa shape index (κ1) is 32.8. The van der Waals surface area contributed by atoms with Crippen molar-refractivity contribution in [3.05, 3.63) is 46.8 Å². The van der Waals surface area contributed by atoms with E-state index in [9.17, 15) is 49.1 Å². The Morgan fingerprint density at radius 3 is 2.42 bits per heavy atom. The molecule has 238 valence electrons. The van der Waals surface area contributed by atoms with Crippen molar-refractivity contribution in [1.29, 1.82) is 0 Å². The van der Waals surface area contributed by atoms with Crippen molar-refractivity contribution in [2.45, 2.75) is 87.6 Å². The van der Waals surface area contributed by atoms with Crippen LogP contribution in [0.1, 0.15) is 65.8 Å². The number of nitrogens with zero attached hydrogens (tertiary/aromatic N) is 3. The Kier molecular flexibility index (Phi) is 9.22. The molecular weight excluding hydrogens is 611 g/mol. The number of rotatable bonds is 8. The van der Waals surface area contributed by atoms with Gasteiger partial charge in [-0.2, -0.15) is 17.5 Å². The second-order valence-electron chi connectivity index (χ2n) is 10.8. The molecule has 1 atom stereocenters. The fourth-order valence-corrected chi connectivity index (χ4v) is 7.00. The maximum atomic E-state index is 14.4. The highest BCUT2D eigenvalue weighted by atomic mass is 32.2. The van der Waals surface area contributed by atoms with Crippen LogP contribution in [0.5, 0.6) is 5.75 Å². The van der Waals surface area contributed by atoms with Crippen LogP contribution >= 0.6 is 0 Å². The molecule has 2 aliphatic rings. The van der Waals surface area contributed by atoms with Crippen molar-refractivity contribution < 1.29 is 53.8 Å². The first-order valence-corrected chi connectivity index (χ1v) is 14.8. The summed E-state index contributed by atoms with van der Waals surface area (Å²) in [5.41, 5.74) is -1.98. The Morgan fingerprint density at radius 1 is 1.19 bits per heavy atom. The molecule has 1 fully saturated rings. The third-order valence-corrected chi connectivity index (χ3v) is 9.74. The molecule has 0 spiro atoms. The average Bonchev–Trinajstić information content (AvgIpc) is 2.98. The minimum Gasteiger partial charge on any atom is -0.488 e. The van der Waals surface area contributed by atoms with Gasteiger partial charge in [0.05, 0.1) is 11.3 Å². The van der Waals surface area contributed by atoms with Crippen LogP contribution in [0.2, 0.25) is 0 Å². The summed E-state index contributed by atoms with van der Waals surface area (Å²) >= 11 is 0. The number of likely N-dealkylation sites (N-methyl/N-ethyl adjacent to an activating group) is 1. The topological polar surface area (TPSA) is 100 Å². The Hall–Kier alpha value is -3.14. The number of benzene rings is 1. The third kappa shape index (κ3) is 7.16. The van der Waals surface area contributed by atoms with E-state index < -0.39 is 100 Å². The van der Waals surface area contributed by atoms with E-state index in [0.29, 0.717) is 17.8 Å². The summed E-state index contributed by atoms with van der Waals surface area (Å²) in [6, 6.07) is 2.11. The van der Waals surface area contributed by atoms with Gasteiger partial charge in [0.1, 0.15) is 17.3 Å². The van der Waals surface area contributed by atoms with Crippen molar-refractivity contribution in [1.82, 2.24) is 9.29 Å². The minimum absolute atomic E-state index is 0.0713. The van der Waals surface area contributed by atoms with Gasteiger partial charge < -0.3 is 14.7 Å². The molecule has 1 N–H and O–H groups in total. The maximum Gasteiger partial charge on any atom is 0.420 e. The number of sulfonamides is 1. The minimum atomic E-state index is -5.08. The zero-order valence-corrected chi connectivity index (χ0v) is 24.0. The van der Waals surface area contributed by atoms with Crippen molar-refractivity contribution in [2.75, 3.05) is 18.5 Å². The number of carboxylic acids is 1. The molecule has 8 nitrogen and oxygen atoms in total. The number of ether oxygens (including phenoxy) is 1. The van der Waals surface area contributed by atoms with Gasteiger partial charge in [-0.1, -0.05) is 6.07 Å². The molecule has 2 aromatic rings. The number of aromatic nitrogens is 1. The highest BCUT2D eigenvalue weighted by Crippen LogP contribution is 2.46. The number of carboxylic acid groups (broad SMARTS) is 1. The fourth-order valence-electron chi connectivity index (χ4n) is 5.43. The Bertz CT molecular complexity index is 1460. The summed E-state index contributed by atoms with van der Waals surface area (Å²) in [7, 11) is -3.47. The molecule has 0 bridgehead atoms. The van der Waals surface area contributed by atoms with Gasteiger partial charge in [0, 0.05) is 62.3 Å². The van der Waals surface area contributed by atoms with Gasteiger partial charge in [-0.05, 0) is 38.3 Å². The number of aryl methyl sites for hydroxylation is 1. The van der Waals surface area contributed by atoms with E-state index in [0.717, 1.165) is 11.4 Å². The van der Waals surface area contributed by atoms with Crippen molar-refractivity contribution in [3.8, 4) is 5.75 Å². The molecule has 1 aliphatic carbocycles. The third-order valence-electron chi connectivity index (χ3n) is 7.80. The van der Waals surface area contributed by atoms with Crippen molar-refractivity contribution in [2.24, 2.45) is 0 Å². The lowest BCUT2D eigenvalue weighted by molar-refractivity contribution is -0.139. The molecule has 0 amide bonds. The lowest BCUT2D eigenvalue weighted by atomic mass is 9.90. The molecule has 1 aromatic carbocycles. The number of hydrogen-bond donors (Lipinski definition) is 1. The van der Waals surface area contributed by atoms with Gasteiger partial charge in [0.15, 0.2) is 5.69 Å². The molecule has 0 saturated heterocycles. The number of fused-ring (bicyclic) bond motifs is 1. The standard InChI is InChI=1S/C27H30F7N3O5S/c1-15-3-4-16(24(35-15)25(38)39)14-42-21-12-22-20(11-19(21)27(32,33)34)37(17-7-9-26(30,31)10-8-17)13-18(5-6-23(28)29)36(2)43(22,40)41/h3-4,11-12,17-18,23H,5-10,13-14H2,1-2H3,(H,38,39)/t18-/m0/s1. The van der Waals surface area contributed by atoms with Gasteiger partial charge in [0.2, 0.25) is 22.4 Å². The number of pyridine rings is 1. The molecule has 43 heavy (non-hydrogen) atoms. The quantitative estimate of drug-likeness (QED) is 0.347. The molecule has 1 aliphatic heterocycles. The smallest absolute Gasteiger partial charge is 0.420 e. The summed E-state index contributed by atoms with van der Waals surface area (Å²) in [4.78, 5) is 16.2. The van der Waals surface area contributed by atoms with E-state index >= 15 is 0 Å². The summed E-state index contributed by atoms with van der Waals surface area (Å²) in [6.07, 6.45) is -10.3. The Labute approximate surface area is 243 Å². The fraction of sp³-hybridized carbons (Fsp3) is 0.556. The zero-order chi connectivity index (χ0) is 31.9. The zero-order valence-electron chi connectivity index (χ0n) is 23.2. The maximum absolute atomic E-state index is 14.4. The van der Waals surface area contributed by atoms with Gasteiger partial charge in [-0.15, -0.1) is 0 Å². The van der Waals surface area contributed by atoms with Crippen LogP contribution in [0, 0.1) is 6.92 Å². The van der Waals surface area contributed by atoms with E-state index in [1.54, 1.807) is 0 Å². The highest BCUT2D eigenvalue weighted by molar-refractivity contribution is 7.89. The second kappa shape index (κ2) is 12.1. The lowest BCUT2D eigenvalue weighted by Gasteiger charge is -2.40. The first-order valence-electron chi connectivity index (χ1n) is 13.4. The van der Waals surface area contributed by atoms with Gasteiger partial charge in [-0.3, -0.25) is 0 Å². The monoisotopic (exact) mass is 641 g/mol. The molecule has 16 heteroatoms. The number of hydrogen-bond acceptors (Lipinski definition) is 6. The Morgan fingerprint density at radius 2 is 1.84 bits per heavy atom. The predicted octanol–water partition coefficient (Wildman–Crippen LogP) is 6.12. The molecule has 0 radical (unpaired) electrons. The molecule has 1 aromatic heterocycles. The van der Waals surface area contributed by atoms with E-state index in [1.165, 1.54) is 24.0 Å². The molecular formula is C27H30F7N3O5S. The Balaban J connectivity index is 1.84. The van der Waals surface area contributed by atoms with Crippen LogP contribution in [-0.4, -0.2) is 66.8 Å². The van der Waals surface area contributed by atoms with Crippen molar-refractivity contribution in [3.63, 3.8) is 0 Å². The van der Waals surface area contributed by atoms with Crippen LogP contribution in [0.4, 0.5) is 36.4 Å². The van der Waals surface area contributed by atoms with Gasteiger partial charge in [-0.25, -0.2) is 35.8 Å². The largest absolute Gasteiger partial charge is 0.488 e. The summed E-state index contributed by atoms with van der Waals surface area (Å²) in [5.74, 6) is -5.35. The number of alkyl halides is 7. The lowest BCUT2D eigenvalue weighted by Crippen LogP contribution is -2.47. The molecule has 0 unspecified atom stereocenters. The van der Waals surface area contributed by atoms with E-state index in [2.05, 4.69) is 4.98 Å².